The number of piperidine rings is 1. The molecule has 0 saturated carbocycles. The van der Waals surface area contributed by atoms with Crippen molar-refractivity contribution >= 4 is 0 Å². The van der Waals surface area contributed by atoms with Gasteiger partial charge >= 0.3 is 0 Å². The lowest BCUT2D eigenvalue weighted by atomic mass is 9.73. The van der Waals surface area contributed by atoms with Crippen molar-refractivity contribution < 1.29 is 5.11 Å². The number of hydrogen-bond acceptors (Lipinski definition) is 2. The number of nitrogens with one attached hydrogen (secondary N) is 1. The zero-order valence-corrected chi connectivity index (χ0v) is 8.94. The van der Waals surface area contributed by atoms with E-state index in [-0.39, 0.29) is 11.1 Å². The average Bonchev–Trinajstić information content (AvgIpc) is 1.79. The maximum Gasteiger partial charge on any atom is 0.128 e. The second-order valence-corrected chi connectivity index (χ2v) is 5.42. The van der Waals surface area contributed by atoms with Crippen LogP contribution in [-0.2, 0) is 0 Å². The van der Waals surface area contributed by atoms with E-state index < -0.39 is 5.60 Å². The fourth-order valence-corrected chi connectivity index (χ4v) is 2.63. The molecule has 74 valence electrons. The van der Waals surface area contributed by atoms with Crippen molar-refractivity contribution in [3.63, 3.8) is 0 Å². The van der Waals surface area contributed by atoms with Crippen molar-refractivity contribution in [2.24, 2.45) is 0 Å². The molecule has 13 heavy (non-hydrogen) atoms. The summed E-state index contributed by atoms with van der Waals surface area (Å²) in [6.07, 6.45) is 6.57. The lowest BCUT2D eigenvalue weighted by molar-refractivity contribution is -0.0119. The highest BCUT2D eigenvalue weighted by Crippen LogP contribution is 2.35. The van der Waals surface area contributed by atoms with Crippen LogP contribution in [0.4, 0.5) is 0 Å². The Bertz CT molecular complexity index is 231. The molecule has 0 radical (unpaired) electrons. The summed E-state index contributed by atoms with van der Waals surface area (Å²) in [5, 5.41) is 13.5. The van der Waals surface area contributed by atoms with Gasteiger partial charge < -0.3 is 10.4 Å². The van der Waals surface area contributed by atoms with Gasteiger partial charge in [-0.25, -0.2) is 0 Å². The Labute approximate surface area is 80.7 Å². The van der Waals surface area contributed by atoms with E-state index in [9.17, 15) is 5.11 Å². The third-order valence-corrected chi connectivity index (χ3v) is 2.41. The zero-order chi connectivity index (χ0) is 10.3. The third kappa shape index (κ3) is 2.46. The van der Waals surface area contributed by atoms with E-state index in [1.807, 2.05) is 0 Å². The van der Waals surface area contributed by atoms with Gasteiger partial charge in [0.15, 0.2) is 0 Å². The maximum atomic E-state index is 10.1. The van der Waals surface area contributed by atoms with Gasteiger partial charge in [0.1, 0.15) is 5.60 Å². The van der Waals surface area contributed by atoms with Crippen molar-refractivity contribution in [1.82, 2.24) is 5.32 Å². The minimum absolute atomic E-state index is 0.0944. The number of aliphatic hydroxyl groups is 1. The molecule has 2 heteroatoms. The highest BCUT2D eigenvalue weighted by atomic mass is 16.3. The smallest absolute Gasteiger partial charge is 0.128 e. The van der Waals surface area contributed by atoms with Gasteiger partial charge in [-0.2, -0.15) is 0 Å². The molecular formula is C11H19NO. The number of hydrogen-bond donors (Lipinski definition) is 2. The summed E-state index contributed by atoms with van der Waals surface area (Å²) in [5.41, 5.74) is -1.13. The van der Waals surface area contributed by atoms with Crippen molar-refractivity contribution in [2.45, 2.75) is 57.2 Å². The molecule has 0 atom stereocenters. The van der Waals surface area contributed by atoms with Crippen molar-refractivity contribution in [1.29, 1.82) is 0 Å². The standard InChI is InChI=1S/C11H19NO/c1-6-11(13)7-9(2,3)12-10(4,5)8-11/h1,12-13H,7-8H2,2-5H3. The topological polar surface area (TPSA) is 32.3 Å². The van der Waals surface area contributed by atoms with Gasteiger partial charge in [0.25, 0.3) is 0 Å². The van der Waals surface area contributed by atoms with E-state index in [1.165, 1.54) is 0 Å². The van der Waals surface area contributed by atoms with Gasteiger partial charge in [0, 0.05) is 23.9 Å². The van der Waals surface area contributed by atoms with Gasteiger partial charge in [-0.05, 0) is 27.7 Å². The molecule has 0 aromatic heterocycles. The number of rotatable bonds is 0. The maximum absolute atomic E-state index is 10.1. The van der Waals surface area contributed by atoms with Crippen molar-refractivity contribution in [3.8, 4) is 12.3 Å². The first kappa shape index (κ1) is 10.6. The second kappa shape index (κ2) is 2.73. The Balaban J connectivity index is 2.92. The third-order valence-electron chi connectivity index (χ3n) is 2.41. The molecule has 1 fully saturated rings. The van der Waals surface area contributed by atoms with E-state index >= 15 is 0 Å². The zero-order valence-electron chi connectivity index (χ0n) is 8.94. The molecule has 0 bridgehead atoms. The van der Waals surface area contributed by atoms with E-state index in [2.05, 4.69) is 38.9 Å². The van der Waals surface area contributed by atoms with Crippen molar-refractivity contribution in [3.05, 3.63) is 0 Å². The Morgan fingerprint density at radius 1 is 1.15 bits per heavy atom. The van der Waals surface area contributed by atoms with Crippen LogP contribution in [0.3, 0.4) is 0 Å². The fraction of sp³-hybridized carbons (Fsp3) is 0.818. The molecule has 0 amide bonds. The van der Waals surface area contributed by atoms with Crippen LogP contribution in [-0.4, -0.2) is 21.8 Å². The lowest BCUT2D eigenvalue weighted by Gasteiger charge is -2.48. The molecule has 2 N–H and O–H groups in total. The fourth-order valence-electron chi connectivity index (χ4n) is 2.63. The largest absolute Gasteiger partial charge is 0.377 e. The minimum atomic E-state index is -0.946. The summed E-state index contributed by atoms with van der Waals surface area (Å²) in [7, 11) is 0. The highest BCUT2D eigenvalue weighted by molar-refractivity contribution is 5.17. The highest BCUT2D eigenvalue weighted by Gasteiger charge is 2.44. The van der Waals surface area contributed by atoms with Crippen molar-refractivity contribution in [2.75, 3.05) is 0 Å². The normalized spacial score (nSPS) is 29.2. The van der Waals surface area contributed by atoms with E-state index in [1.54, 1.807) is 0 Å². The van der Waals surface area contributed by atoms with Crippen LogP contribution in [0.2, 0.25) is 0 Å². The molecule has 1 aliphatic heterocycles. The van der Waals surface area contributed by atoms with E-state index in [0.29, 0.717) is 12.8 Å². The van der Waals surface area contributed by atoms with Crippen LogP contribution >= 0.6 is 0 Å². The summed E-state index contributed by atoms with van der Waals surface area (Å²) in [6.45, 7) is 8.26. The predicted octanol–water partition coefficient (Wildman–Crippen LogP) is 1.29. The molecule has 1 aliphatic rings. The summed E-state index contributed by atoms with van der Waals surface area (Å²) in [5.74, 6) is 2.51. The van der Waals surface area contributed by atoms with Gasteiger partial charge in [0.2, 0.25) is 0 Å². The number of terminal acetylenes is 1. The monoisotopic (exact) mass is 181 g/mol. The summed E-state index contributed by atoms with van der Waals surface area (Å²) in [4.78, 5) is 0. The molecule has 0 spiro atoms. The van der Waals surface area contributed by atoms with Crippen LogP contribution in [0.1, 0.15) is 40.5 Å². The Morgan fingerprint density at radius 3 is 1.85 bits per heavy atom. The Hall–Kier alpha value is -0.520. The predicted molar refractivity (Wildman–Crippen MR) is 54.3 cm³/mol. The first-order valence-electron chi connectivity index (χ1n) is 4.68. The molecule has 1 heterocycles. The van der Waals surface area contributed by atoms with Crippen LogP contribution in [0, 0.1) is 12.3 Å². The van der Waals surface area contributed by atoms with E-state index in [4.69, 9.17) is 6.42 Å². The lowest BCUT2D eigenvalue weighted by Crippen LogP contribution is -2.63. The minimum Gasteiger partial charge on any atom is -0.377 e. The average molecular weight is 181 g/mol. The van der Waals surface area contributed by atoms with Gasteiger partial charge in [-0.1, -0.05) is 5.92 Å². The second-order valence-electron chi connectivity index (χ2n) is 5.42. The molecular weight excluding hydrogens is 162 g/mol. The quantitative estimate of drug-likeness (QED) is 0.552. The molecule has 0 aromatic rings. The first-order valence-corrected chi connectivity index (χ1v) is 4.68. The van der Waals surface area contributed by atoms with Crippen LogP contribution < -0.4 is 5.32 Å². The van der Waals surface area contributed by atoms with E-state index in [0.717, 1.165) is 0 Å². The summed E-state index contributed by atoms with van der Waals surface area (Å²) in [6, 6.07) is 0. The molecule has 0 aromatic carbocycles. The Morgan fingerprint density at radius 2 is 1.54 bits per heavy atom. The molecule has 0 unspecified atom stereocenters. The Kier molecular flexibility index (Phi) is 2.22. The summed E-state index contributed by atoms with van der Waals surface area (Å²) < 4.78 is 0. The van der Waals surface area contributed by atoms with Crippen LogP contribution in [0.25, 0.3) is 0 Å². The molecule has 2 nitrogen and oxygen atoms in total. The van der Waals surface area contributed by atoms with Crippen LogP contribution in [0.5, 0.6) is 0 Å². The molecule has 1 rings (SSSR count). The molecule has 0 aliphatic carbocycles. The molecule has 1 saturated heterocycles. The van der Waals surface area contributed by atoms with Gasteiger partial charge in [-0.3, -0.25) is 0 Å². The van der Waals surface area contributed by atoms with Crippen LogP contribution in [0.15, 0.2) is 0 Å². The first-order chi connectivity index (χ1) is 5.68. The van der Waals surface area contributed by atoms with Gasteiger partial charge in [0.05, 0.1) is 0 Å². The van der Waals surface area contributed by atoms with Gasteiger partial charge in [-0.15, -0.1) is 6.42 Å². The SMILES string of the molecule is C#CC1(O)CC(C)(C)NC(C)(C)C1. The summed E-state index contributed by atoms with van der Waals surface area (Å²) >= 11 is 0.